The van der Waals surface area contributed by atoms with Crippen LogP contribution in [-0.2, 0) is 6.54 Å². The predicted molar refractivity (Wildman–Crippen MR) is 74.1 cm³/mol. The molecule has 1 aliphatic carbocycles. The van der Waals surface area contributed by atoms with Gasteiger partial charge in [0.15, 0.2) is 0 Å². The van der Waals surface area contributed by atoms with E-state index in [1.54, 1.807) is 0 Å². The van der Waals surface area contributed by atoms with E-state index in [4.69, 9.17) is 0 Å². The quantitative estimate of drug-likeness (QED) is 0.807. The highest BCUT2D eigenvalue weighted by atomic mass is 15.2. The average molecular weight is 244 g/mol. The third kappa shape index (κ3) is 2.18. The zero-order chi connectivity index (χ0) is 12.6. The average Bonchev–Trinajstić information content (AvgIpc) is 2.31. The summed E-state index contributed by atoms with van der Waals surface area (Å²) in [6.07, 6.45) is 6.19. The van der Waals surface area contributed by atoms with Crippen LogP contribution < -0.4 is 0 Å². The third-order valence-electron chi connectivity index (χ3n) is 5.07. The van der Waals surface area contributed by atoms with Gasteiger partial charge in [0.1, 0.15) is 0 Å². The summed E-state index contributed by atoms with van der Waals surface area (Å²) in [7, 11) is 0. The second-order valence-electron chi connectivity index (χ2n) is 6.52. The number of hydrogen-bond acceptors (Lipinski definition) is 2. The van der Waals surface area contributed by atoms with Gasteiger partial charge in [-0.3, -0.25) is 9.88 Å². The molecule has 0 amide bonds. The highest BCUT2D eigenvalue weighted by molar-refractivity contribution is 5.09. The first kappa shape index (κ1) is 12.2. The first-order valence-corrected chi connectivity index (χ1v) is 7.33. The van der Waals surface area contributed by atoms with E-state index in [2.05, 4.69) is 35.9 Å². The van der Waals surface area contributed by atoms with E-state index in [1.165, 1.54) is 38.0 Å². The second-order valence-corrected chi connectivity index (χ2v) is 6.52. The van der Waals surface area contributed by atoms with E-state index >= 15 is 0 Å². The van der Waals surface area contributed by atoms with Crippen LogP contribution in [0.1, 0.15) is 38.8 Å². The molecule has 1 spiro atoms. The minimum absolute atomic E-state index is 0.697. The molecule has 3 rings (SSSR count). The molecule has 0 N–H and O–H groups in total. The van der Waals surface area contributed by atoms with Crippen molar-refractivity contribution in [2.24, 2.45) is 17.3 Å². The van der Waals surface area contributed by atoms with Crippen LogP contribution in [0, 0.1) is 17.3 Å². The van der Waals surface area contributed by atoms with Crippen LogP contribution in [0.25, 0.3) is 0 Å². The number of aromatic nitrogens is 1. The topological polar surface area (TPSA) is 16.1 Å². The lowest BCUT2D eigenvalue weighted by Crippen LogP contribution is -2.62. The maximum atomic E-state index is 4.41. The molecule has 98 valence electrons. The monoisotopic (exact) mass is 244 g/mol. The van der Waals surface area contributed by atoms with Crippen molar-refractivity contribution in [1.82, 2.24) is 9.88 Å². The minimum Gasteiger partial charge on any atom is -0.296 e. The molecule has 2 fully saturated rings. The Balaban J connectivity index is 1.45. The molecule has 18 heavy (non-hydrogen) atoms. The highest BCUT2D eigenvalue weighted by Gasteiger charge is 2.52. The Hall–Kier alpha value is -0.890. The van der Waals surface area contributed by atoms with Crippen LogP contribution in [0.2, 0.25) is 0 Å². The molecule has 2 heteroatoms. The van der Waals surface area contributed by atoms with Crippen molar-refractivity contribution in [1.29, 1.82) is 0 Å². The third-order valence-corrected chi connectivity index (χ3v) is 5.07. The standard InChI is InChI=1S/C16H24N2/c1-3-13(2)14-8-16(9-14)11-18(12-16)10-15-6-4-5-7-17-15/h4-7,13-14H,3,8-12H2,1-2H3. The SMILES string of the molecule is CCC(C)C1CC2(C1)CN(Cc1ccccn1)C2. The molecule has 0 aromatic carbocycles. The van der Waals surface area contributed by atoms with Gasteiger partial charge in [0.2, 0.25) is 0 Å². The summed E-state index contributed by atoms with van der Waals surface area (Å²) in [5.74, 6) is 1.94. The van der Waals surface area contributed by atoms with Gasteiger partial charge in [-0.05, 0) is 42.2 Å². The van der Waals surface area contributed by atoms with Crippen LogP contribution in [0.4, 0.5) is 0 Å². The fraction of sp³-hybridized carbons (Fsp3) is 0.688. The molecule has 1 saturated carbocycles. The van der Waals surface area contributed by atoms with Crippen molar-refractivity contribution in [3.63, 3.8) is 0 Å². The predicted octanol–water partition coefficient (Wildman–Crippen LogP) is 3.34. The van der Waals surface area contributed by atoms with Gasteiger partial charge in [-0.2, -0.15) is 0 Å². The van der Waals surface area contributed by atoms with Crippen LogP contribution in [-0.4, -0.2) is 23.0 Å². The van der Waals surface area contributed by atoms with Crippen molar-refractivity contribution >= 4 is 0 Å². The molecular weight excluding hydrogens is 220 g/mol. The molecule has 1 atom stereocenters. The summed E-state index contributed by atoms with van der Waals surface area (Å²) < 4.78 is 0. The van der Waals surface area contributed by atoms with Crippen LogP contribution in [0.5, 0.6) is 0 Å². The van der Waals surface area contributed by atoms with Crippen molar-refractivity contribution < 1.29 is 0 Å². The zero-order valence-electron chi connectivity index (χ0n) is 11.6. The summed E-state index contributed by atoms with van der Waals surface area (Å²) in [5.41, 5.74) is 1.91. The molecule has 1 aromatic heterocycles. The van der Waals surface area contributed by atoms with E-state index in [9.17, 15) is 0 Å². The molecule has 2 aliphatic rings. The van der Waals surface area contributed by atoms with Gasteiger partial charge in [0.25, 0.3) is 0 Å². The van der Waals surface area contributed by atoms with E-state index in [-0.39, 0.29) is 0 Å². The van der Waals surface area contributed by atoms with Crippen LogP contribution in [0.15, 0.2) is 24.4 Å². The van der Waals surface area contributed by atoms with E-state index in [1.807, 2.05) is 12.3 Å². The lowest BCUT2D eigenvalue weighted by Gasteiger charge is -2.60. The number of hydrogen-bond donors (Lipinski definition) is 0. The summed E-state index contributed by atoms with van der Waals surface area (Å²) in [6, 6.07) is 6.21. The Morgan fingerprint density at radius 3 is 2.78 bits per heavy atom. The summed E-state index contributed by atoms with van der Waals surface area (Å²) in [5, 5.41) is 0. The molecule has 1 aromatic rings. The van der Waals surface area contributed by atoms with Crippen molar-refractivity contribution in [3.05, 3.63) is 30.1 Å². The van der Waals surface area contributed by atoms with Crippen LogP contribution in [0.3, 0.4) is 0 Å². The molecule has 0 radical (unpaired) electrons. The number of pyridine rings is 1. The lowest BCUT2D eigenvalue weighted by atomic mass is 9.54. The molecule has 2 nitrogen and oxygen atoms in total. The maximum Gasteiger partial charge on any atom is 0.0543 e. The Morgan fingerprint density at radius 1 is 1.39 bits per heavy atom. The highest BCUT2D eigenvalue weighted by Crippen LogP contribution is 2.54. The number of likely N-dealkylation sites (tertiary alicyclic amines) is 1. The smallest absolute Gasteiger partial charge is 0.0543 e. The summed E-state index contributed by atoms with van der Waals surface area (Å²) >= 11 is 0. The second kappa shape index (κ2) is 4.65. The summed E-state index contributed by atoms with van der Waals surface area (Å²) in [6.45, 7) is 8.38. The first-order chi connectivity index (χ1) is 8.71. The Labute approximate surface area is 110 Å². The normalized spacial score (nSPS) is 24.6. The zero-order valence-corrected chi connectivity index (χ0v) is 11.6. The summed E-state index contributed by atoms with van der Waals surface area (Å²) in [4.78, 5) is 6.96. The van der Waals surface area contributed by atoms with E-state index in [0.717, 1.165) is 18.4 Å². The molecule has 1 unspecified atom stereocenters. The van der Waals surface area contributed by atoms with Gasteiger partial charge in [-0.15, -0.1) is 0 Å². The number of nitrogens with zero attached hydrogens (tertiary/aromatic N) is 2. The van der Waals surface area contributed by atoms with E-state index < -0.39 is 0 Å². The van der Waals surface area contributed by atoms with Crippen molar-refractivity contribution in [2.75, 3.05) is 13.1 Å². The lowest BCUT2D eigenvalue weighted by molar-refractivity contribution is -0.112. The van der Waals surface area contributed by atoms with Crippen LogP contribution >= 0.6 is 0 Å². The Kier molecular flexibility index (Phi) is 3.14. The molecule has 1 saturated heterocycles. The van der Waals surface area contributed by atoms with Gasteiger partial charge in [0.05, 0.1) is 5.69 Å². The fourth-order valence-electron chi connectivity index (χ4n) is 3.78. The van der Waals surface area contributed by atoms with Gasteiger partial charge in [-0.1, -0.05) is 26.3 Å². The largest absolute Gasteiger partial charge is 0.296 e. The Bertz CT molecular complexity index is 387. The van der Waals surface area contributed by atoms with Gasteiger partial charge < -0.3 is 0 Å². The van der Waals surface area contributed by atoms with Gasteiger partial charge in [-0.25, -0.2) is 0 Å². The molecule has 0 bridgehead atoms. The van der Waals surface area contributed by atoms with E-state index in [0.29, 0.717) is 5.41 Å². The first-order valence-electron chi connectivity index (χ1n) is 7.33. The molecule has 1 aliphatic heterocycles. The van der Waals surface area contributed by atoms with Gasteiger partial charge >= 0.3 is 0 Å². The minimum atomic E-state index is 0.697. The molecule has 2 heterocycles. The molecular formula is C16H24N2. The number of rotatable bonds is 4. The van der Waals surface area contributed by atoms with Crippen molar-refractivity contribution in [2.45, 2.75) is 39.7 Å². The maximum absolute atomic E-state index is 4.41. The van der Waals surface area contributed by atoms with Gasteiger partial charge in [0, 0.05) is 25.8 Å². The fourth-order valence-corrected chi connectivity index (χ4v) is 3.78. The van der Waals surface area contributed by atoms with Crippen molar-refractivity contribution in [3.8, 4) is 0 Å². The Morgan fingerprint density at radius 2 is 2.17 bits per heavy atom.